The van der Waals surface area contributed by atoms with Crippen LogP contribution in [0.25, 0.3) is 0 Å². The maximum Gasteiger partial charge on any atom is 0.191 e. The molecule has 0 amide bonds. The van der Waals surface area contributed by atoms with Crippen molar-refractivity contribution in [2.24, 2.45) is 7.05 Å². The molecular weight excluding hydrogens is 214 g/mol. The van der Waals surface area contributed by atoms with Gasteiger partial charge in [0.2, 0.25) is 0 Å². The van der Waals surface area contributed by atoms with Crippen LogP contribution in [0.3, 0.4) is 0 Å². The number of hydrogen-bond acceptors (Lipinski definition) is 5. The quantitative estimate of drug-likeness (QED) is 0.709. The van der Waals surface area contributed by atoms with Gasteiger partial charge in [0, 0.05) is 19.2 Å². The first-order valence-corrected chi connectivity index (χ1v) is 5.77. The summed E-state index contributed by atoms with van der Waals surface area (Å²) in [7, 11) is 1.86. The van der Waals surface area contributed by atoms with Crippen LogP contribution in [-0.2, 0) is 13.5 Å². The molecule has 0 spiro atoms. The third-order valence-corrected chi connectivity index (χ3v) is 3.28. The van der Waals surface area contributed by atoms with E-state index in [1.54, 1.807) is 13.8 Å². The first-order valence-electron chi connectivity index (χ1n) is 4.78. The summed E-state index contributed by atoms with van der Waals surface area (Å²) in [6.45, 7) is 3.58. The van der Waals surface area contributed by atoms with Crippen LogP contribution < -0.4 is 0 Å². The number of rotatable bonds is 5. The first kappa shape index (κ1) is 12.5. The Kier molecular flexibility index (Phi) is 4.12. The summed E-state index contributed by atoms with van der Waals surface area (Å²) < 4.78 is 1.84. The number of thioether (sulfide) groups is 1. The summed E-state index contributed by atoms with van der Waals surface area (Å²) in [5.41, 5.74) is -0.715. The van der Waals surface area contributed by atoms with Gasteiger partial charge in [0.25, 0.3) is 0 Å². The van der Waals surface area contributed by atoms with Gasteiger partial charge in [-0.2, -0.15) is 0 Å². The zero-order valence-corrected chi connectivity index (χ0v) is 10.1. The van der Waals surface area contributed by atoms with Gasteiger partial charge in [-0.25, -0.2) is 0 Å². The second kappa shape index (κ2) is 4.96. The summed E-state index contributed by atoms with van der Waals surface area (Å²) in [6.07, 6.45) is 0.507. The normalized spacial score (nSPS) is 12.1. The Balaban J connectivity index is 2.62. The molecule has 15 heavy (non-hydrogen) atoms. The van der Waals surface area contributed by atoms with Crippen LogP contribution >= 0.6 is 11.8 Å². The van der Waals surface area contributed by atoms with E-state index in [1.807, 2.05) is 11.6 Å². The van der Waals surface area contributed by atoms with Crippen molar-refractivity contribution in [1.29, 1.82) is 0 Å². The van der Waals surface area contributed by atoms with E-state index < -0.39 is 5.60 Å². The molecule has 6 heteroatoms. The topological polar surface area (TPSA) is 71.2 Å². The van der Waals surface area contributed by atoms with Crippen LogP contribution in [-0.4, -0.2) is 42.9 Å². The fourth-order valence-corrected chi connectivity index (χ4v) is 1.91. The lowest BCUT2D eigenvalue weighted by atomic mass is 10.2. The summed E-state index contributed by atoms with van der Waals surface area (Å²) >= 11 is 1.46. The van der Waals surface area contributed by atoms with Crippen LogP contribution in [0.5, 0.6) is 0 Å². The standard InChI is InChI=1S/C9H17N3O2S/c1-9(2,14)6-15-8-11-10-7(4-5-13)12(8)3/h13-14H,4-6H2,1-3H3. The molecule has 0 aliphatic rings. The van der Waals surface area contributed by atoms with Gasteiger partial charge in [0.05, 0.1) is 12.2 Å². The zero-order chi connectivity index (χ0) is 11.5. The highest BCUT2D eigenvalue weighted by atomic mass is 32.2. The van der Waals surface area contributed by atoms with E-state index in [9.17, 15) is 5.11 Å². The van der Waals surface area contributed by atoms with Gasteiger partial charge in [0.1, 0.15) is 5.82 Å². The molecule has 0 aromatic carbocycles. The van der Waals surface area contributed by atoms with Gasteiger partial charge in [-0.15, -0.1) is 10.2 Å². The lowest BCUT2D eigenvalue weighted by Crippen LogP contribution is -2.22. The molecule has 0 saturated heterocycles. The van der Waals surface area contributed by atoms with Crippen molar-refractivity contribution in [3.05, 3.63) is 5.82 Å². The maximum atomic E-state index is 9.56. The van der Waals surface area contributed by atoms with Crippen molar-refractivity contribution in [2.75, 3.05) is 12.4 Å². The average Bonchev–Trinajstić information content (AvgIpc) is 2.45. The smallest absolute Gasteiger partial charge is 0.191 e. The predicted molar refractivity (Wildman–Crippen MR) is 58.8 cm³/mol. The van der Waals surface area contributed by atoms with Gasteiger partial charge < -0.3 is 14.8 Å². The van der Waals surface area contributed by atoms with Crippen molar-refractivity contribution < 1.29 is 10.2 Å². The third kappa shape index (κ3) is 3.81. The minimum Gasteiger partial charge on any atom is -0.396 e. The molecule has 0 aliphatic heterocycles. The molecule has 0 unspecified atom stereocenters. The predicted octanol–water partition coefficient (Wildman–Crippen LogP) is 0.213. The Morgan fingerprint density at radius 1 is 1.40 bits per heavy atom. The number of aromatic nitrogens is 3. The molecule has 0 atom stereocenters. The van der Waals surface area contributed by atoms with Crippen LogP contribution in [0, 0.1) is 0 Å². The van der Waals surface area contributed by atoms with Gasteiger partial charge in [-0.05, 0) is 13.8 Å². The first-order chi connectivity index (χ1) is 6.94. The van der Waals surface area contributed by atoms with Crippen molar-refractivity contribution in [2.45, 2.75) is 31.0 Å². The zero-order valence-electron chi connectivity index (χ0n) is 9.27. The molecule has 86 valence electrons. The summed E-state index contributed by atoms with van der Waals surface area (Å²) in [5.74, 6) is 1.33. The van der Waals surface area contributed by atoms with Crippen molar-refractivity contribution >= 4 is 11.8 Å². The summed E-state index contributed by atoms with van der Waals surface area (Å²) in [5, 5.41) is 27.1. The van der Waals surface area contributed by atoms with E-state index in [1.165, 1.54) is 11.8 Å². The molecule has 1 rings (SSSR count). The third-order valence-electron chi connectivity index (χ3n) is 1.81. The monoisotopic (exact) mass is 231 g/mol. The molecule has 0 bridgehead atoms. The van der Waals surface area contributed by atoms with Crippen LogP contribution in [0.4, 0.5) is 0 Å². The van der Waals surface area contributed by atoms with E-state index in [0.29, 0.717) is 12.2 Å². The lowest BCUT2D eigenvalue weighted by Gasteiger charge is -2.15. The molecule has 0 saturated carbocycles. The van der Waals surface area contributed by atoms with Crippen LogP contribution in [0.15, 0.2) is 5.16 Å². The lowest BCUT2D eigenvalue weighted by molar-refractivity contribution is 0.107. The summed E-state index contributed by atoms with van der Waals surface area (Å²) in [4.78, 5) is 0. The molecule has 1 heterocycles. The highest BCUT2D eigenvalue weighted by Crippen LogP contribution is 2.20. The second-order valence-electron chi connectivity index (χ2n) is 4.03. The summed E-state index contributed by atoms with van der Waals surface area (Å²) in [6, 6.07) is 0. The molecule has 5 nitrogen and oxygen atoms in total. The SMILES string of the molecule is Cn1c(CCO)nnc1SCC(C)(C)O. The van der Waals surface area contributed by atoms with Crippen molar-refractivity contribution in [3.63, 3.8) is 0 Å². The molecule has 2 N–H and O–H groups in total. The Morgan fingerprint density at radius 3 is 2.60 bits per heavy atom. The minimum atomic E-state index is -0.715. The Bertz CT molecular complexity index is 320. The van der Waals surface area contributed by atoms with Crippen LogP contribution in [0.2, 0.25) is 0 Å². The Morgan fingerprint density at radius 2 is 2.07 bits per heavy atom. The van der Waals surface area contributed by atoms with E-state index in [-0.39, 0.29) is 6.61 Å². The van der Waals surface area contributed by atoms with E-state index in [2.05, 4.69) is 10.2 Å². The van der Waals surface area contributed by atoms with Gasteiger partial charge in [-0.3, -0.25) is 0 Å². The van der Waals surface area contributed by atoms with Crippen LogP contribution in [0.1, 0.15) is 19.7 Å². The minimum absolute atomic E-state index is 0.0716. The van der Waals surface area contributed by atoms with E-state index >= 15 is 0 Å². The highest BCUT2D eigenvalue weighted by Gasteiger charge is 2.16. The molecule has 1 aromatic rings. The Hall–Kier alpha value is -0.590. The molecule has 0 aliphatic carbocycles. The second-order valence-corrected chi connectivity index (χ2v) is 4.98. The molecule has 0 radical (unpaired) electrons. The van der Waals surface area contributed by atoms with Gasteiger partial charge >= 0.3 is 0 Å². The van der Waals surface area contributed by atoms with Gasteiger partial charge in [-0.1, -0.05) is 11.8 Å². The fourth-order valence-electron chi connectivity index (χ4n) is 1.03. The maximum absolute atomic E-state index is 9.56. The number of hydrogen-bond donors (Lipinski definition) is 2. The largest absolute Gasteiger partial charge is 0.396 e. The Labute approximate surface area is 93.5 Å². The molecule has 0 fully saturated rings. The van der Waals surface area contributed by atoms with E-state index in [0.717, 1.165) is 11.0 Å². The van der Waals surface area contributed by atoms with Gasteiger partial charge in [0.15, 0.2) is 5.16 Å². The highest BCUT2D eigenvalue weighted by molar-refractivity contribution is 7.99. The molecule has 1 aromatic heterocycles. The number of aliphatic hydroxyl groups excluding tert-OH is 1. The van der Waals surface area contributed by atoms with E-state index in [4.69, 9.17) is 5.11 Å². The average molecular weight is 231 g/mol. The fraction of sp³-hybridized carbons (Fsp3) is 0.778. The number of nitrogens with zero attached hydrogens (tertiary/aromatic N) is 3. The molecular formula is C9H17N3O2S. The number of aliphatic hydroxyl groups is 2. The van der Waals surface area contributed by atoms with Crippen molar-refractivity contribution in [3.8, 4) is 0 Å². The van der Waals surface area contributed by atoms with Crippen molar-refractivity contribution in [1.82, 2.24) is 14.8 Å².